The number of carbonyl (C=O) groups is 1. The van der Waals surface area contributed by atoms with Crippen molar-refractivity contribution in [2.24, 2.45) is 29.6 Å². The summed E-state index contributed by atoms with van der Waals surface area (Å²) in [5.74, 6) is 1.32. The number of nitrogens with zero attached hydrogens (tertiary/aromatic N) is 1. The highest BCUT2D eigenvalue weighted by molar-refractivity contribution is 5.71. The number of aliphatic hydroxyl groups excluding tert-OH is 1. The zero-order chi connectivity index (χ0) is 20.0. The second kappa shape index (κ2) is 10.7. The standard InChI is InChI=1S/C20H35NO4.H2O2/c1-13-6-7-15-4-3-5-17(18(15)12-25-13)14(2)19(22)8-9-21-10-16(11-21)20(23)24;1-2/h13-19,22H,3-12H2,1-2H3,(H,23,24);1-2H. The van der Waals surface area contributed by atoms with E-state index < -0.39 is 5.97 Å². The quantitative estimate of drug-likeness (QED) is 0.409. The third kappa shape index (κ3) is 5.87. The van der Waals surface area contributed by atoms with Gasteiger partial charge in [-0.2, -0.15) is 0 Å². The van der Waals surface area contributed by atoms with Crippen molar-refractivity contribution < 1.29 is 30.3 Å². The number of aliphatic hydroxyl groups is 1. The van der Waals surface area contributed by atoms with Crippen molar-refractivity contribution in [2.75, 3.05) is 26.2 Å². The summed E-state index contributed by atoms with van der Waals surface area (Å²) >= 11 is 0. The molecule has 4 N–H and O–H groups in total. The SMILES string of the molecule is CC1CCC2CCCC(C(C)C(O)CCN3CC(C(=O)O)C3)C2CO1.OO. The number of hydrogen-bond donors (Lipinski definition) is 4. The van der Waals surface area contributed by atoms with Gasteiger partial charge in [-0.1, -0.05) is 19.8 Å². The van der Waals surface area contributed by atoms with Crippen molar-refractivity contribution in [2.45, 2.75) is 64.6 Å². The summed E-state index contributed by atoms with van der Waals surface area (Å²) in [7, 11) is 0. The van der Waals surface area contributed by atoms with E-state index in [4.69, 9.17) is 20.4 Å². The maximum absolute atomic E-state index is 10.9. The number of carboxylic acid groups (broad SMARTS) is 1. The molecule has 0 spiro atoms. The molecule has 0 bridgehead atoms. The third-order valence-corrected chi connectivity index (χ3v) is 7.11. The second-order valence-electron chi connectivity index (χ2n) is 8.75. The van der Waals surface area contributed by atoms with Crippen LogP contribution in [0.2, 0.25) is 0 Å². The van der Waals surface area contributed by atoms with Gasteiger partial charge in [0.1, 0.15) is 0 Å². The summed E-state index contributed by atoms with van der Waals surface area (Å²) in [6, 6.07) is 0. The molecule has 7 heteroatoms. The van der Waals surface area contributed by atoms with Crippen LogP contribution in [0.5, 0.6) is 0 Å². The van der Waals surface area contributed by atoms with E-state index in [1.807, 2.05) is 0 Å². The first-order valence-electron chi connectivity index (χ1n) is 10.4. The zero-order valence-corrected chi connectivity index (χ0v) is 16.7. The summed E-state index contributed by atoms with van der Waals surface area (Å²) in [5, 5.41) is 31.7. The Hall–Kier alpha value is -0.730. The Morgan fingerprint density at radius 3 is 2.56 bits per heavy atom. The van der Waals surface area contributed by atoms with Gasteiger partial charge in [-0.25, -0.2) is 0 Å². The van der Waals surface area contributed by atoms with E-state index in [2.05, 4.69) is 18.7 Å². The molecule has 1 saturated carbocycles. The molecule has 7 nitrogen and oxygen atoms in total. The number of likely N-dealkylation sites (tertiary alicyclic amines) is 1. The maximum atomic E-state index is 10.9. The van der Waals surface area contributed by atoms with Crippen molar-refractivity contribution in [1.82, 2.24) is 4.90 Å². The molecule has 0 radical (unpaired) electrons. The molecule has 0 aromatic heterocycles. The Balaban J connectivity index is 0.00000126. The molecule has 2 heterocycles. The van der Waals surface area contributed by atoms with Crippen LogP contribution in [0.4, 0.5) is 0 Å². The lowest BCUT2D eigenvalue weighted by molar-refractivity contribution is -0.176. The number of carboxylic acids is 1. The van der Waals surface area contributed by atoms with E-state index in [-0.39, 0.29) is 12.0 Å². The van der Waals surface area contributed by atoms with Gasteiger partial charge in [0.2, 0.25) is 0 Å². The van der Waals surface area contributed by atoms with Crippen molar-refractivity contribution in [3.63, 3.8) is 0 Å². The number of aliphatic carboxylic acids is 1. The van der Waals surface area contributed by atoms with Crippen LogP contribution in [-0.2, 0) is 9.53 Å². The van der Waals surface area contributed by atoms with Crippen LogP contribution < -0.4 is 0 Å². The maximum Gasteiger partial charge on any atom is 0.309 e. The molecule has 2 saturated heterocycles. The second-order valence-corrected chi connectivity index (χ2v) is 8.75. The molecule has 6 atom stereocenters. The van der Waals surface area contributed by atoms with Gasteiger partial charge in [0.15, 0.2) is 0 Å². The molecule has 0 aromatic rings. The average molecular weight is 388 g/mol. The Labute approximate surface area is 162 Å². The molecule has 6 unspecified atom stereocenters. The fourth-order valence-corrected chi connectivity index (χ4v) is 5.24. The summed E-state index contributed by atoms with van der Waals surface area (Å²) in [4.78, 5) is 13.0. The molecule has 158 valence electrons. The molecule has 1 aliphatic carbocycles. The monoisotopic (exact) mass is 387 g/mol. The lowest BCUT2D eigenvalue weighted by Crippen LogP contribution is -2.51. The summed E-state index contributed by atoms with van der Waals surface area (Å²) in [6.07, 6.45) is 7.09. The Kier molecular flexibility index (Phi) is 8.95. The van der Waals surface area contributed by atoms with Gasteiger partial charge in [0.05, 0.1) is 24.7 Å². The summed E-state index contributed by atoms with van der Waals surface area (Å²) in [6.45, 7) is 7.33. The Morgan fingerprint density at radius 1 is 1.19 bits per heavy atom. The molecular weight excluding hydrogens is 350 g/mol. The first kappa shape index (κ1) is 22.6. The van der Waals surface area contributed by atoms with E-state index in [0.29, 0.717) is 36.9 Å². The molecule has 3 aliphatic rings. The van der Waals surface area contributed by atoms with Gasteiger partial charge in [-0.3, -0.25) is 15.3 Å². The van der Waals surface area contributed by atoms with Crippen LogP contribution >= 0.6 is 0 Å². The molecule has 3 fully saturated rings. The predicted molar refractivity (Wildman–Crippen MR) is 102 cm³/mol. The fourth-order valence-electron chi connectivity index (χ4n) is 5.24. The highest BCUT2D eigenvalue weighted by atomic mass is 17.0. The van der Waals surface area contributed by atoms with Gasteiger partial charge < -0.3 is 19.8 Å². The number of rotatable bonds is 6. The third-order valence-electron chi connectivity index (χ3n) is 7.11. The van der Waals surface area contributed by atoms with Gasteiger partial charge in [0, 0.05) is 19.6 Å². The molecular formula is C20H37NO6. The highest BCUT2D eigenvalue weighted by Gasteiger charge is 2.40. The smallest absolute Gasteiger partial charge is 0.309 e. The first-order chi connectivity index (χ1) is 13.0. The number of ether oxygens (including phenoxy) is 1. The molecule has 0 amide bonds. The van der Waals surface area contributed by atoms with Crippen LogP contribution in [0, 0.1) is 29.6 Å². The Morgan fingerprint density at radius 2 is 1.89 bits per heavy atom. The minimum absolute atomic E-state index is 0.209. The summed E-state index contributed by atoms with van der Waals surface area (Å²) in [5.41, 5.74) is 0. The number of fused-ring (bicyclic) bond motifs is 1. The molecule has 2 aliphatic heterocycles. The van der Waals surface area contributed by atoms with Gasteiger partial charge in [-0.15, -0.1) is 0 Å². The van der Waals surface area contributed by atoms with Gasteiger partial charge in [0.25, 0.3) is 0 Å². The van der Waals surface area contributed by atoms with Crippen LogP contribution in [0.1, 0.15) is 52.4 Å². The minimum Gasteiger partial charge on any atom is -0.481 e. The first-order valence-corrected chi connectivity index (χ1v) is 10.4. The predicted octanol–water partition coefficient (Wildman–Crippen LogP) is 2.64. The van der Waals surface area contributed by atoms with Gasteiger partial charge in [-0.05, 0) is 56.3 Å². The summed E-state index contributed by atoms with van der Waals surface area (Å²) < 4.78 is 6.05. The van der Waals surface area contributed by atoms with E-state index in [9.17, 15) is 9.90 Å². The van der Waals surface area contributed by atoms with Crippen molar-refractivity contribution in [1.29, 1.82) is 0 Å². The Bertz CT molecular complexity index is 456. The van der Waals surface area contributed by atoms with Crippen molar-refractivity contribution in [3.8, 4) is 0 Å². The van der Waals surface area contributed by atoms with Crippen LogP contribution in [0.3, 0.4) is 0 Å². The topological polar surface area (TPSA) is 110 Å². The van der Waals surface area contributed by atoms with E-state index in [0.717, 1.165) is 25.5 Å². The lowest BCUT2D eigenvalue weighted by atomic mass is 9.65. The number of hydrogen-bond acceptors (Lipinski definition) is 6. The van der Waals surface area contributed by atoms with E-state index in [1.165, 1.54) is 32.1 Å². The highest BCUT2D eigenvalue weighted by Crippen LogP contribution is 2.44. The molecule has 3 rings (SSSR count). The molecule has 27 heavy (non-hydrogen) atoms. The largest absolute Gasteiger partial charge is 0.481 e. The van der Waals surface area contributed by atoms with Gasteiger partial charge >= 0.3 is 5.97 Å². The van der Waals surface area contributed by atoms with Crippen LogP contribution in [0.15, 0.2) is 0 Å². The van der Waals surface area contributed by atoms with E-state index >= 15 is 0 Å². The van der Waals surface area contributed by atoms with Crippen LogP contribution in [-0.4, -0.2) is 70.0 Å². The zero-order valence-electron chi connectivity index (χ0n) is 16.7. The minimum atomic E-state index is -0.694. The lowest BCUT2D eigenvalue weighted by Gasteiger charge is -2.42. The van der Waals surface area contributed by atoms with Crippen molar-refractivity contribution in [3.05, 3.63) is 0 Å². The average Bonchev–Trinajstić information content (AvgIpc) is 2.82. The van der Waals surface area contributed by atoms with Crippen LogP contribution in [0.25, 0.3) is 0 Å². The van der Waals surface area contributed by atoms with Crippen molar-refractivity contribution >= 4 is 5.97 Å². The normalized spacial score (nSPS) is 34.3. The molecule has 0 aromatic carbocycles. The fraction of sp³-hybridized carbons (Fsp3) is 0.950. The van der Waals surface area contributed by atoms with E-state index in [1.54, 1.807) is 0 Å².